The Bertz CT molecular complexity index is 393. The van der Waals surface area contributed by atoms with Crippen LogP contribution in [0.15, 0.2) is 24.3 Å². The Balaban J connectivity index is 3.16. The first-order chi connectivity index (χ1) is 12.4. The molecule has 0 aliphatic heterocycles. The van der Waals surface area contributed by atoms with E-state index in [1.54, 1.807) is 13.8 Å². The van der Waals surface area contributed by atoms with E-state index < -0.39 is 11.9 Å². The zero-order chi connectivity index (χ0) is 19.6. The molecule has 0 aromatic carbocycles. The quantitative estimate of drug-likeness (QED) is 0.214. The Morgan fingerprint density at radius 2 is 0.769 bits per heavy atom. The van der Waals surface area contributed by atoms with Crippen LogP contribution < -0.4 is 0 Å². The molecule has 8 heteroatoms. The summed E-state index contributed by atoms with van der Waals surface area (Å²) in [5.74, 6) is -0.835. The molecule has 26 heavy (non-hydrogen) atoms. The van der Waals surface area contributed by atoms with E-state index in [0.29, 0.717) is 64.0 Å². The van der Waals surface area contributed by atoms with Crippen molar-refractivity contribution in [2.24, 2.45) is 0 Å². The van der Waals surface area contributed by atoms with Crippen LogP contribution in [0.3, 0.4) is 0 Å². The van der Waals surface area contributed by atoms with Crippen LogP contribution in [0, 0.1) is 0 Å². The highest BCUT2D eigenvalue weighted by molar-refractivity contribution is 5.87. The van der Waals surface area contributed by atoms with Gasteiger partial charge in [-0.05, 0) is 13.8 Å². The summed E-state index contributed by atoms with van der Waals surface area (Å²) in [4.78, 5) is 22.2. The van der Waals surface area contributed by atoms with Gasteiger partial charge in [0.15, 0.2) is 0 Å². The SMILES string of the molecule is C=C(C)C(=O)OCCOCCOCCOCCOCCOC(=O)C(=C)C. The van der Waals surface area contributed by atoms with Crippen LogP contribution in [0.5, 0.6) is 0 Å². The first-order valence-electron chi connectivity index (χ1n) is 8.41. The molecule has 0 amide bonds. The van der Waals surface area contributed by atoms with Crippen LogP contribution in [-0.4, -0.2) is 78.0 Å². The number of rotatable bonds is 17. The largest absolute Gasteiger partial charge is 0.460 e. The molecule has 0 aliphatic rings. The molecule has 8 nitrogen and oxygen atoms in total. The highest BCUT2D eigenvalue weighted by atomic mass is 16.6. The van der Waals surface area contributed by atoms with Crippen molar-refractivity contribution in [1.29, 1.82) is 0 Å². The second-order valence-corrected chi connectivity index (χ2v) is 5.28. The average molecular weight is 374 g/mol. The van der Waals surface area contributed by atoms with Gasteiger partial charge in [-0.25, -0.2) is 9.59 Å². The third-order valence-electron chi connectivity index (χ3n) is 2.73. The minimum atomic E-state index is -0.418. The fraction of sp³-hybridized carbons (Fsp3) is 0.667. The van der Waals surface area contributed by atoms with Crippen molar-refractivity contribution in [3.63, 3.8) is 0 Å². The van der Waals surface area contributed by atoms with Crippen molar-refractivity contribution >= 4 is 11.9 Å². The van der Waals surface area contributed by atoms with Crippen molar-refractivity contribution in [3.8, 4) is 0 Å². The van der Waals surface area contributed by atoms with Crippen molar-refractivity contribution < 1.29 is 38.0 Å². The summed E-state index contributed by atoms with van der Waals surface area (Å²) in [7, 11) is 0. The lowest BCUT2D eigenvalue weighted by atomic mass is 10.4. The predicted octanol–water partition coefficient (Wildman–Crippen LogP) is 1.29. The molecule has 0 aromatic rings. The van der Waals surface area contributed by atoms with Gasteiger partial charge in [-0.2, -0.15) is 0 Å². The van der Waals surface area contributed by atoms with Gasteiger partial charge in [-0.15, -0.1) is 0 Å². The molecule has 0 heterocycles. The molecule has 0 bridgehead atoms. The van der Waals surface area contributed by atoms with Gasteiger partial charge in [0.25, 0.3) is 0 Å². The number of esters is 2. The highest BCUT2D eigenvalue weighted by Gasteiger charge is 2.02. The number of hydrogen-bond acceptors (Lipinski definition) is 8. The molecule has 0 saturated carbocycles. The second kappa shape index (κ2) is 16.7. The van der Waals surface area contributed by atoms with E-state index in [2.05, 4.69) is 13.2 Å². The van der Waals surface area contributed by atoms with Crippen LogP contribution in [0.25, 0.3) is 0 Å². The molecule has 0 aliphatic carbocycles. The lowest BCUT2D eigenvalue weighted by Crippen LogP contribution is -2.15. The van der Waals surface area contributed by atoms with Crippen molar-refractivity contribution in [3.05, 3.63) is 24.3 Å². The highest BCUT2D eigenvalue weighted by Crippen LogP contribution is 1.92. The average Bonchev–Trinajstić information content (AvgIpc) is 2.60. The standard InChI is InChI=1S/C18H30O8/c1-15(2)17(19)25-13-11-23-9-7-21-5-6-22-8-10-24-12-14-26-18(20)16(3)4/h1,3,5-14H2,2,4H3. The van der Waals surface area contributed by atoms with Gasteiger partial charge in [-0.3, -0.25) is 0 Å². The Labute approximate surface area is 155 Å². The van der Waals surface area contributed by atoms with Crippen molar-refractivity contribution in [1.82, 2.24) is 0 Å². The zero-order valence-corrected chi connectivity index (χ0v) is 15.8. The molecule has 0 N–H and O–H groups in total. The predicted molar refractivity (Wildman–Crippen MR) is 94.8 cm³/mol. The summed E-state index contributed by atoms with van der Waals surface area (Å²) in [5.41, 5.74) is 0.731. The molecule has 0 aromatic heterocycles. The normalized spacial score (nSPS) is 10.4. The summed E-state index contributed by atoms with van der Waals surface area (Å²) < 4.78 is 30.9. The maximum Gasteiger partial charge on any atom is 0.333 e. The van der Waals surface area contributed by atoms with Gasteiger partial charge in [0, 0.05) is 11.1 Å². The van der Waals surface area contributed by atoms with E-state index in [4.69, 9.17) is 28.4 Å². The Morgan fingerprint density at radius 1 is 0.538 bits per heavy atom. The first kappa shape index (κ1) is 24.3. The van der Waals surface area contributed by atoms with Crippen LogP contribution >= 0.6 is 0 Å². The molecule has 0 rings (SSSR count). The molecular formula is C18H30O8. The van der Waals surface area contributed by atoms with Gasteiger partial charge in [-0.1, -0.05) is 13.2 Å². The Hall–Kier alpha value is -1.74. The van der Waals surface area contributed by atoms with Crippen molar-refractivity contribution in [2.75, 3.05) is 66.1 Å². The molecular weight excluding hydrogens is 344 g/mol. The molecule has 0 saturated heterocycles. The third kappa shape index (κ3) is 15.8. The van der Waals surface area contributed by atoms with E-state index in [9.17, 15) is 9.59 Å². The molecule has 150 valence electrons. The van der Waals surface area contributed by atoms with Gasteiger partial charge in [0.05, 0.1) is 52.9 Å². The Morgan fingerprint density at radius 3 is 1.00 bits per heavy atom. The molecule has 0 radical (unpaired) electrons. The van der Waals surface area contributed by atoms with E-state index in [-0.39, 0.29) is 13.2 Å². The summed E-state index contributed by atoms with van der Waals surface area (Å²) >= 11 is 0. The molecule has 0 unspecified atom stereocenters. The topological polar surface area (TPSA) is 89.5 Å². The van der Waals surface area contributed by atoms with Crippen LogP contribution in [-0.2, 0) is 38.0 Å². The maximum atomic E-state index is 11.1. The van der Waals surface area contributed by atoms with E-state index in [0.717, 1.165) is 0 Å². The summed E-state index contributed by atoms with van der Waals surface area (Å²) in [6.45, 7) is 13.8. The lowest BCUT2D eigenvalue weighted by molar-refractivity contribution is -0.141. The van der Waals surface area contributed by atoms with Crippen LogP contribution in [0.1, 0.15) is 13.8 Å². The minimum Gasteiger partial charge on any atom is -0.460 e. The molecule has 0 fully saturated rings. The lowest BCUT2D eigenvalue weighted by Gasteiger charge is -2.08. The summed E-state index contributed by atoms with van der Waals surface area (Å²) in [5, 5.41) is 0. The van der Waals surface area contributed by atoms with Gasteiger partial charge in [0.1, 0.15) is 13.2 Å². The van der Waals surface area contributed by atoms with E-state index in [1.807, 2.05) is 0 Å². The van der Waals surface area contributed by atoms with E-state index in [1.165, 1.54) is 0 Å². The fourth-order valence-electron chi connectivity index (χ4n) is 1.39. The number of carbonyl (C=O) groups is 2. The monoisotopic (exact) mass is 374 g/mol. The minimum absolute atomic E-state index is 0.196. The molecule has 0 atom stereocenters. The summed E-state index contributed by atoms with van der Waals surface area (Å²) in [6.07, 6.45) is 0. The fourth-order valence-corrected chi connectivity index (χ4v) is 1.39. The Kier molecular flexibility index (Phi) is 15.6. The zero-order valence-electron chi connectivity index (χ0n) is 15.8. The second-order valence-electron chi connectivity index (χ2n) is 5.28. The first-order valence-corrected chi connectivity index (χ1v) is 8.41. The number of ether oxygens (including phenoxy) is 6. The van der Waals surface area contributed by atoms with Gasteiger partial charge in [0.2, 0.25) is 0 Å². The summed E-state index contributed by atoms with van der Waals surface area (Å²) in [6, 6.07) is 0. The van der Waals surface area contributed by atoms with Gasteiger partial charge < -0.3 is 28.4 Å². The maximum absolute atomic E-state index is 11.1. The van der Waals surface area contributed by atoms with E-state index >= 15 is 0 Å². The van der Waals surface area contributed by atoms with Crippen LogP contribution in [0.2, 0.25) is 0 Å². The van der Waals surface area contributed by atoms with Crippen molar-refractivity contribution in [2.45, 2.75) is 13.8 Å². The number of hydrogen-bond donors (Lipinski definition) is 0. The van der Waals surface area contributed by atoms with Crippen LogP contribution in [0.4, 0.5) is 0 Å². The number of carbonyl (C=O) groups excluding carboxylic acids is 2. The third-order valence-corrected chi connectivity index (χ3v) is 2.73. The molecule has 0 spiro atoms. The smallest absolute Gasteiger partial charge is 0.333 e. The van der Waals surface area contributed by atoms with Gasteiger partial charge >= 0.3 is 11.9 Å².